The Hall–Kier alpha value is -2.54. The Morgan fingerprint density at radius 2 is 2.04 bits per heavy atom. The van der Waals surface area contributed by atoms with Crippen LogP contribution in [0.1, 0.15) is 34.1 Å². The summed E-state index contributed by atoms with van der Waals surface area (Å²) in [6.45, 7) is 3.65. The molecule has 0 saturated carbocycles. The van der Waals surface area contributed by atoms with Crippen LogP contribution in [-0.4, -0.2) is 16.0 Å². The minimum atomic E-state index is -0.425. The van der Waals surface area contributed by atoms with E-state index in [1.807, 2.05) is 18.4 Å². The summed E-state index contributed by atoms with van der Waals surface area (Å²) >= 11 is 1.38. The quantitative estimate of drug-likeness (QED) is 0.791. The number of thiophene rings is 1. The van der Waals surface area contributed by atoms with Gasteiger partial charge in [0.2, 0.25) is 11.7 Å². The Labute approximate surface area is 136 Å². The molecule has 1 aromatic carbocycles. The fourth-order valence-corrected chi connectivity index (χ4v) is 2.88. The lowest BCUT2D eigenvalue weighted by Crippen LogP contribution is -2.26. The Morgan fingerprint density at radius 1 is 1.30 bits per heavy atom. The molecule has 1 atom stereocenters. The van der Waals surface area contributed by atoms with Gasteiger partial charge in [0.1, 0.15) is 11.9 Å². The number of amides is 1. The van der Waals surface area contributed by atoms with E-state index in [9.17, 15) is 9.18 Å². The number of nitrogens with zero attached hydrogens (tertiary/aromatic N) is 2. The molecule has 1 N–H and O–H groups in total. The SMILES string of the molecule is Cc1ccsc1C(=O)N[C@@H](C)c1nc(-c2ccc(F)cc2)no1. The molecule has 0 fully saturated rings. The molecule has 0 radical (unpaired) electrons. The Kier molecular flexibility index (Phi) is 4.20. The fraction of sp³-hybridized carbons (Fsp3) is 0.188. The van der Waals surface area contributed by atoms with Crippen LogP contribution in [0, 0.1) is 12.7 Å². The monoisotopic (exact) mass is 331 g/mol. The van der Waals surface area contributed by atoms with E-state index in [0.717, 1.165) is 5.56 Å². The van der Waals surface area contributed by atoms with Crippen molar-refractivity contribution >= 4 is 17.2 Å². The van der Waals surface area contributed by atoms with E-state index in [-0.39, 0.29) is 11.7 Å². The number of carbonyl (C=O) groups is 1. The van der Waals surface area contributed by atoms with E-state index in [1.54, 1.807) is 19.1 Å². The fourth-order valence-electron chi connectivity index (χ4n) is 2.06. The Balaban J connectivity index is 1.73. The Morgan fingerprint density at radius 3 is 2.70 bits per heavy atom. The van der Waals surface area contributed by atoms with Gasteiger partial charge in [-0.1, -0.05) is 5.16 Å². The van der Waals surface area contributed by atoms with Crippen molar-refractivity contribution in [1.82, 2.24) is 15.5 Å². The minimum Gasteiger partial charge on any atom is -0.340 e. The second-order valence-electron chi connectivity index (χ2n) is 5.09. The van der Waals surface area contributed by atoms with Crippen molar-refractivity contribution < 1.29 is 13.7 Å². The van der Waals surface area contributed by atoms with Crippen LogP contribution < -0.4 is 5.32 Å². The van der Waals surface area contributed by atoms with Crippen LogP contribution in [0.15, 0.2) is 40.2 Å². The molecular formula is C16H14FN3O2S. The first-order valence-electron chi connectivity index (χ1n) is 6.99. The van der Waals surface area contributed by atoms with Gasteiger partial charge in [0.05, 0.1) is 4.88 Å². The molecule has 5 nitrogen and oxygen atoms in total. The van der Waals surface area contributed by atoms with E-state index in [4.69, 9.17) is 4.52 Å². The van der Waals surface area contributed by atoms with Crippen LogP contribution in [0.3, 0.4) is 0 Å². The molecule has 0 aliphatic heterocycles. The third-order valence-corrected chi connectivity index (χ3v) is 4.35. The molecule has 2 heterocycles. The van der Waals surface area contributed by atoms with Gasteiger partial charge in [0, 0.05) is 5.56 Å². The summed E-state index contributed by atoms with van der Waals surface area (Å²) in [5.74, 6) is 0.149. The molecular weight excluding hydrogens is 317 g/mol. The maximum Gasteiger partial charge on any atom is 0.262 e. The number of rotatable bonds is 4. The highest BCUT2D eigenvalue weighted by Gasteiger charge is 2.19. The smallest absolute Gasteiger partial charge is 0.262 e. The zero-order chi connectivity index (χ0) is 16.4. The van der Waals surface area contributed by atoms with Crippen molar-refractivity contribution in [2.75, 3.05) is 0 Å². The predicted molar refractivity (Wildman–Crippen MR) is 84.6 cm³/mol. The summed E-state index contributed by atoms with van der Waals surface area (Å²) < 4.78 is 18.1. The van der Waals surface area contributed by atoms with Crippen molar-refractivity contribution in [3.63, 3.8) is 0 Å². The van der Waals surface area contributed by atoms with Crippen LogP contribution in [0.2, 0.25) is 0 Å². The number of hydrogen-bond acceptors (Lipinski definition) is 5. The second kappa shape index (κ2) is 6.29. The largest absolute Gasteiger partial charge is 0.340 e. The molecule has 3 rings (SSSR count). The minimum absolute atomic E-state index is 0.175. The average Bonchev–Trinajstić information content (AvgIpc) is 3.17. The molecule has 1 amide bonds. The van der Waals surface area contributed by atoms with Crippen LogP contribution in [0.5, 0.6) is 0 Å². The average molecular weight is 331 g/mol. The van der Waals surface area contributed by atoms with E-state index >= 15 is 0 Å². The number of halogens is 1. The first-order valence-corrected chi connectivity index (χ1v) is 7.87. The van der Waals surface area contributed by atoms with Crippen molar-refractivity contribution in [2.45, 2.75) is 19.9 Å². The first kappa shape index (κ1) is 15.4. The van der Waals surface area contributed by atoms with Crippen molar-refractivity contribution in [1.29, 1.82) is 0 Å². The van der Waals surface area contributed by atoms with Crippen LogP contribution in [0.25, 0.3) is 11.4 Å². The molecule has 0 bridgehead atoms. The maximum atomic E-state index is 12.9. The van der Waals surface area contributed by atoms with Gasteiger partial charge in [-0.3, -0.25) is 4.79 Å². The molecule has 3 aromatic rings. The maximum absolute atomic E-state index is 12.9. The third kappa shape index (κ3) is 3.29. The summed E-state index contributed by atoms with van der Waals surface area (Å²) in [4.78, 5) is 17.1. The highest BCUT2D eigenvalue weighted by Crippen LogP contribution is 2.20. The molecule has 0 saturated heterocycles. The molecule has 0 aliphatic rings. The summed E-state index contributed by atoms with van der Waals surface area (Å²) in [6, 6.07) is 7.27. The molecule has 2 aromatic heterocycles. The molecule has 0 spiro atoms. The molecule has 118 valence electrons. The summed E-state index contributed by atoms with van der Waals surface area (Å²) in [6.07, 6.45) is 0. The van der Waals surface area contributed by atoms with Crippen LogP contribution in [-0.2, 0) is 0 Å². The van der Waals surface area contributed by atoms with Gasteiger partial charge in [-0.2, -0.15) is 4.98 Å². The van der Waals surface area contributed by atoms with Crippen molar-refractivity contribution in [3.8, 4) is 11.4 Å². The standard InChI is InChI=1S/C16H14FN3O2S/c1-9-7-8-23-13(9)15(21)18-10(2)16-19-14(20-22-16)11-3-5-12(17)6-4-11/h3-8,10H,1-2H3,(H,18,21)/t10-/m0/s1. The van der Waals surface area contributed by atoms with Gasteiger partial charge in [-0.05, 0) is 55.1 Å². The Bertz CT molecular complexity index is 826. The highest BCUT2D eigenvalue weighted by molar-refractivity contribution is 7.12. The normalized spacial score (nSPS) is 12.1. The third-order valence-electron chi connectivity index (χ3n) is 3.33. The second-order valence-corrected chi connectivity index (χ2v) is 6.01. The van der Waals surface area contributed by atoms with Gasteiger partial charge in [0.25, 0.3) is 5.91 Å². The van der Waals surface area contributed by atoms with E-state index in [0.29, 0.717) is 22.2 Å². The lowest BCUT2D eigenvalue weighted by molar-refractivity contribution is 0.0936. The zero-order valence-electron chi connectivity index (χ0n) is 12.5. The molecule has 0 unspecified atom stereocenters. The lowest BCUT2D eigenvalue weighted by atomic mass is 10.2. The van der Waals surface area contributed by atoms with Crippen molar-refractivity contribution in [2.24, 2.45) is 0 Å². The lowest BCUT2D eigenvalue weighted by Gasteiger charge is -2.08. The number of hydrogen-bond donors (Lipinski definition) is 1. The molecule has 7 heteroatoms. The van der Waals surface area contributed by atoms with Gasteiger partial charge in [-0.15, -0.1) is 11.3 Å². The zero-order valence-corrected chi connectivity index (χ0v) is 13.4. The highest BCUT2D eigenvalue weighted by atomic mass is 32.1. The number of aryl methyl sites for hydroxylation is 1. The van der Waals surface area contributed by atoms with Crippen LogP contribution in [0.4, 0.5) is 4.39 Å². The number of aromatic nitrogens is 2. The van der Waals surface area contributed by atoms with E-state index in [1.165, 1.54) is 23.5 Å². The van der Waals surface area contributed by atoms with Gasteiger partial charge in [0.15, 0.2) is 0 Å². The summed E-state index contributed by atoms with van der Waals surface area (Å²) in [5, 5.41) is 8.57. The molecule has 0 aliphatic carbocycles. The van der Waals surface area contributed by atoms with Crippen molar-refractivity contribution in [3.05, 3.63) is 57.9 Å². The predicted octanol–water partition coefficient (Wildman–Crippen LogP) is 3.74. The van der Waals surface area contributed by atoms with E-state index in [2.05, 4.69) is 15.5 Å². The molecule has 23 heavy (non-hydrogen) atoms. The first-order chi connectivity index (χ1) is 11.0. The number of benzene rings is 1. The number of carbonyl (C=O) groups excluding carboxylic acids is 1. The van der Waals surface area contributed by atoms with Gasteiger partial charge >= 0.3 is 0 Å². The van der Waals surface area contributed by atoms with Crippen LogP contribution >= 0.6 is 11.3 Å². The van der Waals surface area contributed by atoms with Gasteiger partial charge < -0.3 is 9.84 Å². The topological polar surface area (TPSA) is 68.0 Å². The van der Waals surface area contributed by atoms with E-state index < -0.39 is 6.04 Å². The summed E-state index contributed by atoms with van der Waals surface area (Å²) in [5.41, 5.74) is 1.58. The van der Waals surface area contributed by atoms with Gasteiger partial charge in [-0.25, -0.2) is 4.39 Å². The number of nitrogens with one attached hydrogen (secondary N) is 1. The summed E-state index contributed by atoms with van der Waals surface area (Å²) in [7, 11) is 0.